The monoisotopic (exact) mass is 317 g/mol. The van der Waals surface area contributed by atoms with Crippen molar-refractivity contribution in [3.63, 3.8) is 0 Å². The second kappa shape index (κ2) is 5.08. The Morgan fingerprint density at radius 3 is 2.68 bits per heavy atom. The molecule has 1 aromatic carbocycles. The molecule has 0 aliphatic carbocycles. The highest BCUT2D eigenvalue weighted by atomic mass is 32.2. The number of anilines is 1. The number of benzene rings is 1. The minimum Gasteiger partial charge on any atom is -0.380 e. The number of aromatic nitrogens is 3. The minimum atomic E-state index is -3.46. The van der Waals surface area contributed by atoms with E-state index in [-0.39, 0.29) is 4.90 Å². The van der Waals surface area contributed by atoms with Crippen LogP contribution >= 0.6 is 0 Å². The number of rotatable bonds is 3. The third kappa shape index (κ3) is 2.32. The summed E-state index contributed by atoms with van der Waals surface area (Å²) in [5.74, 6) is 0.337. The number of nitrogens with one attached hydrogen (secondary N) is 2. The fraction of sp³-hybridized carbons (Fsp3) is 0.143. The molecule has 0 bridgehead atoms. The summed E-state index contributed by atoms with van der Waals surface area (Å²) in [6.45, 7) is 1.84. The van der Waals surface area contributed by atoms with E-state index in [0.717, 1.165) is 16.6 Å². The lowest BCUT2D eigenvalue weighted by molar-refractivity contribution is 0.588. The highest BCUT2D eigenvalue weighted by Gasteiger charge is 2.14. The van der Waals surface area contributed by atoms with Gasteiger partial charge >= 0.3 is 0 Å². The van der Waals surface area contributed by atoms with Crippen LogP contribution in [0.5, 0.6) is 0 Å². The number of aryl methyl sites for hydroxylation is 1. The summed E-state index contributed by atoms with van der Waals surface area (Å²) in [6, 6.07) is 8.60. The molecule has 0 aliphatic heterocycles. The van der Waals surface area contributed by atoms with Crippen LogP contribution in [0.2, 0.25) is 0 Å². The molecule has 0 saturated carbocycles. The summed E-state index contributed by atoms with van der Waals surface area (Å²) >= 11 is 0. The molecule has 114 valence electrons. The zero-order valence-corrected chi connectivity index (χ0v) is 12.9. The molecule has 0 unspecified atom stereocenters. The first-order chi connectivity index (χ1) is 10.4. The zero-order valence-electron chi connectivity index (χ0n) is 12.1. The first-order valence-electron chi connectivity index (χ1n) is 6.57. The van der Waals surface area contributed by atoms with Crippen molar-refractivity contribution >= 4 is 26.9 Å². The van der Waals surface area contributed by atoms with E-state index in [9.17, 15) is 8.42 Å². The second-order valence-electron chi connectivity index (χ2n) is 4.89. The van der Waals surface area contributed by atoms with Crippen molar-refractivity contribution in [2.75, 3.05) is 12.8 Å². The number of aromatic amines is 1. The van der Waals surface area contributed by atoms with Gasteiger partial charge in [-0.05, 0) is 43.8 Å². The lowest BCUT2D eigenvalue weighted by Gasteiger charge is -2.08. The van der Waals surface area contributed by atoms with Gasteiger partial charge < -0.3 is 5.73 Å². The van der Waals surface area contributed by atoms with Gasteiger partial charge in [-0.25, -0.2) is 18.1 Å². The number of nitrogens with zero attached hydrogens (tertiary/aromatic N) is 2. The number of nitrogens with two attached hydrogens (primary N) is 1. The summed E-state index contributed by atoms with van der Waals surface area (Å²) in [5.41, 5.74) is 9.50. The summed E-state index contributed by atoms with van der Waals surface area (Å²) in [7, 11) is -2.07. The topological polar surface area (TPSA) is 114 Å². The van der Waals surface area contributed by atoms with Gasteiger partial charge in [-0.1, -0.05) is 6.07 Å². The smallest absolute Gasteiger partial charge is 0.240 e. The Morgan fingerprint density at radius 1 is 1.23 bits per heavy atom. The van der Waals surface area contributed by atoms with Gasteiger partial charge in [0.25, 0.3) is 0 Å². The fourth-order valence-electron chi connectivity index (χ4n) is 2.28. The number of fused-ring (bicyclic) bond motifs is 1. The minimum absolute atomic E-state index is 0.222. The van der Waals surface area contributed by atoms with Gasteiger partial charge in [-0.3, -0.25) is 5.10 Å². The highest BCUT2D eigenvalue weighted by molar-refractivity contribution is 7.89. The number of hydrogen-bond donors (Lipinski definition) is 3. The number of pyridine rings is 1. The van der Waals surface area contributed by atoms with Gasteiger partial charge in [0.1, 0.15) is 5.52 Å². The number of hydrogen-bond acceptors (Lipinski definition) is 5. The molecule has 0 aliphatic rings. The van der Waals surface area contributed by atoms with Crippen molar-refractivity contribution in [1.29, 1.82) is 0 Å². The van der Waals surface area contributed by atoms with Crippen molar-refractivity contribution in [2.24, 2.45) is 0 Å². The van der Waals surface area contributed by atoms with E-state index in [1.165, 1.54) is 7.05 Å². The van der Waals surface area contributed by atoms with Crippen LogP contribution in [-0.4, -0.2) is 30.6 Å². The van der Waals surface area contributed by atoms with Crippen LogP contribution in [0.15, 0.2) is 35.2 Å². The second-order valence-corrected chi connectivity index (χ2v) is 6.77. The molecule has 0 fully saturated rings. The SMILES string of the molecule is CNS(=O)(=O)c1ccc(-c2ccc3[nH]nc(N)c3n2)c(C)c1. The number of sulfonamides is 1. The predicted octanol–water partition coefficient (Wildman–Crippen LogP) is 1.42. The predicted molar refractivity (Wildman–Crippen MR) is 84.7 cm³/mol. The van der Waals surface area contributed by atoms with E-state index in [2.05, 4.69) is 19.9 Å². The fourth-order valence-corrected chi connectivity index (χ4v) is 3.09. The maximum atomic E-state index is 11.8. The van der Waals surface area contributed by atoms with E-state index in [0.29, 0.717) is 17.0 Å². The Bertz CT molecular complexity index is 963. The lowest BCUT2D eigenvalue weighted by atomic mass is 10.1. The number of nitrogen functional groups attached to an aromatic ring is 1. The highest BCUT2D eigenvalue weighted by Crippen LogP contribution is 2.26. The van der Waals surface area contributed by atoms with Crippen LogP contribution in [0.25, 0.3) is 22.3 Å². The summed E-state index contributed by atoms with van der Waals surface area (Å²) in [6.07, 6.45) is 0. The van der Waals surface area contributed by atoms with Crippen LogP contribution in [0.3, 0.4) is 0 Å². The Kier molecular flexibility index (Phi) is 3.34. The maximum absolute atomic E-state index is 11.8. The van der Waals surface area contributed by atoms with Gasteiger partial charge in [0.2, 0.25) is 10.0 Å². The van der Waals surface area contributed by atoms with Crippen LogP contribution in [-0.2, 0) is 10.0 Å². The Morgan fingerprint density at radius 2 is 2.00 bits per heavy atom. The van der Waals surface area contributed by atoms with Crippen molar-refractivity contribution in [1.82, 2.24) is 19.9 Å². The van der Waals surface area contributed by atoms with E-state index in [4.69, 9.17) is 5.73 Å². The maximum Gasteiger partial charge on any atom is 0.240 e. The molecule has 2 heterocycles. The van der Waals surface area contributed by atoms with E-state index in [1.54, 1.807) is 18.2 Å². The van der Waals surface area contributed by atoms with E-state index < -0.39 is 10.0 Å². The molecule has 0 saturated heterocycles. The van der Waals surface area contributed by atoms with Crippen LogP contribution < -0.4 is 10.5 Å². The Hall–Kier alpha value is -2.45. The summed E-state index contributed by atoms with van der Waals surface area (Å²) < 4.78 is 26.0. The molecule has 0 atom stereocenters. The standard InChI is InChI=1S/C14H15N5O2S/c1-8-7-9(22(20,21)16-2)3-4-10(8)11-5-6-12-13(17-11)14(15)19-18-12/h3-7,16H,1-2H3,(H3,15,18,19). The van der Waals surface area contributed by atoms with Crippen LogP contribution in [0, 0.1) is 6.92 Å². The molecule has 3 rings (SSSR count). The third-order valence-corrected chi connectivity index (χ3v) is 4.90. The molecule has 0 amide bonds. The molecule has 0 radical (unpaired) electrons. The van der Waals surface area contributed by atoms with E-state index >= 15 is 0 Å². The van der Waals surface area contributed by atoms with Crippen molar-refractivity contribution < 1.29 is 8.42 Å². The average Bonchev–Trinajstić information content (AvgIpc) is 2.88. The molecular weight excluding hydrogens is 302 g/mol. The molecule has 3 aromatic rings. The van der Waals surface area contributed by atoms with Crippen LogP contribution in [0.4, 0.5) is 5.82 Å². The lowest BCUT2D eigenvalue weighted by Crippen LogP contribution is -2.18. The van der Waals surface area contributed by atoms with Crippen molar-refractivity contribution in [3.05, 3.63) is 35.9 Å². The van der Waals surface area contributed by atoms with Gasteiger partial charge in [0, 0.05) is 5.56 Å². The summed E-state index contributed by atoms with van der Waals surface area (Å²) in [5, 5.41) is 6.71. The largest absolute Gasteiger partial charge is 0.380 e. The number of H-pyrrole nitrogens is 1. The molecule has 8 heteroatoms. The van der Waals surface area contributed by atoms with Gasteiger partial charge in [-0.2, -0.15) is 5.10 Å². The average molecular weight is 317 g/mol. The van der Waals surface area contributed by atoms with Crippen LogP contribution in [0.1, 0.15) is 5.56 Å². The quantitative estimate of drug-likeness (QED) is 0.676. The Balaban J connectivity index is 2.12. The molecule has 4 N–H and O–H groups in total. The van der Waals surface area contributed by atoms with E-state index in [1.807, 2.05) is 19.1 Å². The molecular formula is C14H15N5O2S. The van der Waals surface area contributed by atoms with Gasteiger partial charge in [-0.15, -0.1) is 0 Å². The van der Waals surface area contributed by atoms with Gasteiger partial charge in [0.05, 0.1) is 16.1 Å². The first-order valence-corrected chi connectivity index (χ1v) is 8.06. The third-order valence-electron chi connectivity index (χ3n) is 3.49. The summed E-state index contributed by atoms with van der Waals surface area (Å²) in [4.78, 5) is 4.72. The molecule has 2 aromatic heterocycles. The molecule has 7 nitrogen and oxygen atoms in total. The molecule has 22 heavy (non-hydrogen) atoms. The first kappa shape index (κ1) is 14.5. The normalized spacial score (nSPS) is 11.9. The van der Waals surface area contributed by atoms with Gasteiger partial charge in [0.15, 0.2) is 5.82 Å². The van der Waals surface area contributed by atoms with Crippen molar-refractivity contribution in [3.8, 4) is 11.3 Å². The zero-order chi connectivity index (χ0) is 15.9. The van der Waals surface area contributed by atoms with Crippen molar-refractivity contribution in [2.45, 2.75) is 11.8 Å². The molecule has 0 spiro atoms. The Labute approximate surface area is 127 Å².